The van der Waals surface area contributed by atoms with Crippen LogP contribution >= 0.6 is 0 Å². The average Bonchev–Trinajstić information content (AvgIpc) is 2.25. The highest BCUT2D eigenvalue weighted by Gasteiger charge is 2.08. The van der Waals surface area contributed by atoms with Gasteiger partial charge in [-0.2, -0.15) is 0 Å². The van der Waals surface area contributed by atoms with Crippen molar-refractivity contribution in [2.24, 2.45) is 0 Å². The van der Waals surface area contributed by atoms with Gasteiger partial charge >= 0.3 is 0 Å². The third-order valence-corrected chi connectivity index (χ3v) is 3.35. The van der Waals surface area contributed by atoms with Crippen molar-refractivity contribution in [3.8, 4) is 0 Å². The fraction of sp³-hybridized carbons (Fsp3) is 0.625. The second kappa shape index (κ2) is 6.73. The number of unbranched alkanes of at least 4 members (excludes halogenated alkanes) is 3. The molecule has 0 aliphatic rings. The molecule has 0 heteroatoms. The molecular weight excluding hydrogens is 192 g/mol. The zero-order valence-corrected chi connectivity index (χ0v) is 11.3. The molecule has 0 atom stereocenters. The van der Waals surface area contributed by atoms with Gasteiger partial charge in [0.2, 0.25) is 0 Å². The van der Waals surface area contributed by atoms with Crippen LogP contribution in [0.5, 0.6) is 0 Å². The number of hydrogen-bond acceptors (Lipinski definition) is 0. The fourth-order valence-corrected chi connectivity index (χ4v) is 2.34. The van der Waals surface area contributed by atoms with Crippen molar-refractivity contribution in [3.05, 3.63) is 34.9 Å². The maximum absolute atomic E-state index is 2.30. The molecule has 0 spiro atoms. The van der Waals surface area contributed by atoms with Crippen molar-refractivity contribution in [2.75, 3.05) is 0 Å². The van der Waals surface area contributed by atoms with Gasteiger partial charge in [-0.05, 0) is 42.4 Å². The number of aryl methyl sites for hydroxylation is 1. The zero-order chi connectivity index (χ0) is 12.0. The van der Waals surface area contributed by atoms with Crippen molar-refractivity contribution >= 4 is 0 Å². The average molecular weight is 218 g/mol. The Morgan fingerprint density at radius 2 is 1.81 bits per heavy atom. The molecule has 0 saturated carbocycles. The van der Waals surface area contributed by atoms with Gasteiger partial charge in [-0.1, -0.05) is 58.2 Å². The van der Waals surface area contributed by atoms with Gasteiger partial charge < -0.3 is 0 Å². The van der Waals surface area contributed by atoms with Crippen LogP contribution in [0.2, 0.25) is 0 Å². The Bertz CT molecular complexity index is 310. The molecule has 1 aromatic carbocycles. The van der Waals surface area contributed by atoms with E-state index in [1.54, 1.807) is 11.1 Å². The Morgan fingerprint density at radius 3 is 2.44 bits per heavy atom. The van der Waals surface area contributed by atoms with Crippen LogP contribution < -0.4 is 0 Å². The normalized spacial score (nSPS) is 11.1. The number of hydrogen-bond donors (Lipinski definition) is 0. The molecule has 0 aromatic heterocycles. The minimum Gasteiger partial charge on any atom is -0.0654 e. The Hall–Kier alpha value is -0.780. The van der Waals surface area contributed by atoms with E-state index < -0.39 is 0 Å². The number of rotatable bonds is 6. The number of benzene rings is 1. The minimum atomic E-state index is 0.654. The largest absolute Gasteiger partial charge is 0.0654 e. The highest BCUT2D eigenvalue weighted by Crippen LogP contribution is 2.24. The van der Waals surface area contributed by atoms with E-state index in [-0.39, 0.29) is 0 Å². The van der Waals surface area contributed by atoms with Crippen molar-refractivity contribution < 1.29 is 0 Å². The Kier molecular flexibility index (Phi) is 5.59. The molecule has 0 unspecified atom stereocenters. The van der Waals surface area contributed by atoms with E-state index in [2.05, 4.69) is 45.9 Å². The van der Waals surface area contributed by atoms with E-state index in [1.807, 2.05) is 0 Å². The molecule has 90 valence electrons. The van der Waals surface area contributed by atoms with Crippen LogP contribution in [0, 0.1) is 6.92 Å². The van der Waals surface area contributed by atoms with Crippen LogP contribution in [-0.2, 0) is 6.42 Å². The smallest absolute Gasteiger partial charge is 0.0216 e. The lowest BCUT2D eigenvalue weighted by molar-refractivity contribution is 0.660. The van der Waals surface area contributed by atoms with Gasteiger partial charge in [0.1, 0.15) is 0 Å². The lowest BCUT2D eigenvalue weighted by atomic mass is 9.90. The molecular formula is C16H26. The summed E-state index contributed by atoms with van der Waals surface area (Å²) in [5.74, 6) is 0.654. The molecule has 0 aliphatic carbocycles. The van der Waals surface area contributed by atoms with E-state index in [0.717, 1.165) is 0 Å². The molecule has 0 amide bonds. The van der Waals surface area contributed by atoms with Gasteiger partial charge in [-0.25, -0.2) is 0 Å². The maximum atomic E-state index is 2.30. The van der Waals surface area contributed by atoms with E-state index >= 15 is 0 Å². The lowest BCUT2D eigenvalue weighted by Gasteiger charge is -2.15. The summed E-state index contributed by atoms with van der Waals surface area (Å²) in [4.78, 5) is 0. The summed E-state index contributed by atoms with van der Waals surface area (Å²) in [5.41, 5.74) is 4.63. The molecule has 0 nitrogen and oxygen atoms in total. The first-order valence-corrected chi connectivity index (χ1v) is 6.75. The van der Waals surface area contributed by atoms with E-state index in [9.17, 15) is 0 Å². The second-order valence-electron chi connectivity index (χ2n) is 5.11. The Balaban J connectivity index is 2.69. The highest BCUT2D eigenvalue weighted by molar-refractivity contribution is 5.36. The lowest BCUT2D eigenvalue weighted by Crippen LogP contribution is -1.99. The van der Waals surface area contributed by atoms with Crippen molar-refractivity contribution in [3.63, 3.8) is 0 Å². The maximum Gasteiger partial charge on any atom is -0.0216 e. The highest BCUT2D eigenvalue weighted by atomic mass is 14.1. The zero-order valence-electron chi connectivity index (χ0n) is 11.3. The monoisotopic (exact) mass is 218 g/mol. The first kappa shape index (κ1) is 13.3. The molecule has 0 radical (unpaired) electrons. The molecule has 1 rings (SSSR count). The van der Waals surface area contributed by atoms with E-state index in [1.165, 1.54) is 37.7 Å². The molecule has 0 aliphatic heterocycles. The molecule has 0 bridgehead atoms. The molecule has 0 fully saturated rings. The van der Waals surface area contributed by atoms with Crippen molar-refractivity contribution in [2.45, 2.75) is 65.7 Å². The minimum absolute atomic E-state index is 0.654. The molecule has 0 saturated heterocycles. The van der Waals surface area contributed by atoms with E-state index in [4.69, 9.17) is 0 Å². The summed E-state index contributed by atoms with van der Waals surface area (Å²) in [5, 5.41) is 0. The predicted molar refractivity (Wildman–Crippen MR) is 73.1 cm³/mol. The van der Waals surface area contributed by atoms with Gasteiger partial charge in [0.05, 0.1) is 0 Å². The van der Waals surface area contributed by atoms with Crippen LogP contribution in [0.4, 0.5) is 0 Å². The van der Waals surface area contributed by atoms with Crippen LogP contribution in [0.15, 0.2) is 18.2 Å². The molecule has 1 aromatic rings. The first-order valence-electron chi connectivity index (χ1n) is 6.75. The predicted octanol–water partition coefficient (Wildman–Crippen LogP) is 5.24. The third-order valence-electron chi connectivity index (χ3n) is 3.35. The topological polar surface area (TPSA) is 0 Å². The van der Waals surface area contributed by atoms with Crippen LogP contribution in [0.3, 0.4) is 0 Å². The van der Waals surface area contributed by atoms with Crippen LogP contribution in [0.25, 0.3) is 0 Å². The summed E-state index contributed by atoms with van der Waals surface area (Å²) >= 11 is 0. The summed E-state index contributed by atoms with van der Waals surface area (Å²) in [6.45, 7) is 9.11. The van der Waals surface area contributed by atoms with Gasteiger partial charge in [0, 0.05) is 0 Å². The summed E-state index contributed by atoms with van der Waals surface area (Å²) in [6, 6.07) is 6.74. The SMILES string of the molecule is CCCCCCc1c(C)cccc1C(C)C. The van der Waals surface area contributed by atoms with Crippen molar-refractivity contribution in [1.82, 2.24) is 0 Å². The van der Waals surface area contributed by atoms with Crippen LogP contribution in [-0.4, -0.2) is 0 Å². The molecule has 16 heavy (non-hydrogen) atoms. The van der Waals surface area contributed by atoms with Crippen molar-refractivity contribution in [1.29, 1.82) is 0 Å². The molecule has 0 heterocycles. The first-order chi connectivity index (χ1) is 7.66. The molecule has 0 N–H and O–H groups in total. The van der Waals surface area contributed by atoms with Crippen LogP contribution in [0.1, 0.15) is 69.1 Å². The summed E-state index contributed by atoms with van der Waals surface area (Å²) in [7, 11) is 0. The fourth-order valence-electron chi connectivity index (χ4n) is 2.34. The Labute approximate surface area is 101 Å². The standard InChI is InChI=1S/C16H26/c1-5-6-7-8-11-16-14(4)10-9-12-15(16)13(2)3/h9-10,12-13H,5-8,11H2,1-4H3. The van der Waals surface area contributed by atoms with Gasteiger partial charge in [0.15, 0.2) is 0 Å². The van der Waals surface area contributed by atoms with Gasteiger partial charge in [0.25, 0.3) is 0 Å². The van der Waals surface area contributed by atoms with E-state index in [0.29, 0.717) is 5.92 Å². The Morgan fingerprint density at radius 1 is 1.06 bits per heavy atom. The van der Waals surface area contributed by atoms with Gasteiger partial charge in [-0.3, -0.25) is 0 Å². The quantitative estimate of drug-likeness (QED) is 0.573. The third kappa shape index (κ3) is 3.66. The summed E-state index contributed by atoms with van der Waals surface area (Å²) in [6.07, 6.45) is 6.69. The summed E-state index contributed by atoms with van der Waals surface area (Å²) < 4.78 is 0. The second-order valence-corrected chi connectivity index (χ2v) is 5.11. The van der Waals surface area contributed by atoms with Gasteiger partial charge in [-0.15, -0.1) is 0 Å².